The van der Waals surface area contributed by atoms with Gasteiger partial charge in [-0.3, -0.25) is 9.36 Å². The first-order valence-electron chi connectivity index (χ1n) is 7.46. The molecule has 0 spiro atoms. The number of halogens is 1. The Morgan fingerprint density at radius 2 is 1.92 bits per heavy atom. The van der Waals surface area contributed by atoms with Crippen molar-refractivity contribution in [3.8, 4) is 0 Å². The molecule has 0 aliphatic heterocycles. The van der Waals surface area contributed by atoms with E-state index in [1.165, 1.54) is 16.7 Å². The Bertz CT molecular complexity index is 1080. The van der Waals surface area contributed by atoms with E-state index in [9.17, 15) is 17.6 Å². The number of aromatic nitrogens is 3. The van der Waals surface area contributed by atoms with Gasteiger partial charge in [-0.1, -0.05) is 0 Å². The summed E-state index contributed by atoms with van der Waals surface area (Å²) in [5.74, 6) is -0.0749. The van der Waals surface area contributed by atoms with Crippen molar-refractivity contribution >= 4 is 21.1 Å². The monoisotopic (exact) mass is 362 g/mol. The highest BCUT2D eigenvalue weighted by atomic mass is 32.2. The molecule has 0 aliphatic rings. The zero-order valence-corrected chi connectivity index (χ0v) is 14.1. The zero-order valence-electron chi connectivity index (χ0n) is 13.3. The highest BCUT2D eigenvalue weighted by Crippen LogP contribution is 2.09. The maximum Gasteiger partial charge on any atom is 0.263 e. The van der Waals surface area contributed by atoms with Crippen LogP contribution in [0.5, 0.6) is 0 Å². The molecule has 0 saturated carbocycles. The third-order valence-electron chi connectivity index (χ3n) is 3.67. The summed E-state index contributed by atoms with van der Waals surface area (Å²) in [5.41, 5.74) is 0.0738. The molecule has 0 atom stereocenters. The quantitative estimate of drug-likeness (QED) is 0.736. The number of nitrogens with zero attached hydrogens (tertiary/aromatic N) is 3. The van der Waals surface area contributed by atoms with E-state index in [1.54, 1.807) is 25.3 Å². The number of nitrogens with one attached hydrogen (secondary N) is 1. The predicted octanol–water partition coefficient (Wildman–Crippen LogP) is 1.22. The van der Waals surface area contributed by atoms with E-state index in [1.807, 2.05) is 0 Å². The van der Waals surface area contributed by atoms with Crippen molar-refractivity contribution in [1.82, 2.24) is 19.3 Å². The maximum absolute atomic E-state index is 12.9. The standard InChI is InChI=1S/C16H15FN4O3S/c1-11-20-15-14(3-2-8-18-15)16(22)21(11)10-9-19-25(23,24)13-6-4-12(17)5-7-13/h2-8,19H,9-10H2,1H3. The predicted molar refractivity (Wildman–Crippen MR) is 90.1 cm³/mol. The van der Waals surface area contributed by atoms with Gasteiger partial charge in [0.25, 0.3) is 5.56 Å². The molecule has 0 unspecified atom stereocenters. The Balaban J connectivity index is 1.79. The van der Waals surface area contributed by atoms with Crippen molar-refractivity contribution in [1.29, 1.82) is 0 Å². The highest BCUT2D eigenvalue weighted by Gasteiger charge is 2.14. The van der Waals surface area contributed by atoms with Crippen molar-refractivity contribution in [2.75, 3.05) is 6.54 Å². The topological polar surface area (TPSA) is 93.9 Å². The number of aryl methyl sites for hydroxylation is 1. The minimum absolute atomic E-state index is 0.00605. The molecule has 3 rings (SSSR count). The van der Waals surface area contributed by atoms with E-state index in [-0.39, 0.29) is 23.5 Å². The lowest BCUT2D eigenvalue weighted by atomic mass is 10.3. The first-order valence-corrected chi connectivity index (χ1v) is 8.94. The van der Waals surface area contributed by atoms with E-state index < -0.39 is 15.8 Å². The van der Waals surface area contributed by atoms with E-state index in [4.69, 9.17) is 0 Å². The van der Waals surface area contributed by atoms with Gasteiger partial charge in [-0.05, 0) is 43.3 Å². The molecule has 0 fully saturated rings. The Morgan fingerprint density at radius 1 is 1.20 bits per heavy atom. The van der Waals surface area contributed by atoms with Crippen LogP contribution in [0.3, 0.4) is 0 Å². The molecular formula is C16H15FN4O3S. The largest absolute Gasteiger partial charge is 0.295 e. The van der Waals surface area contributed by atoms with Crippen molar-refractivity contribution < 1.29 is 12.8 Å². The van der Waals surface area contributed by atoms with Gasteiger partial charge in [0.05, 0.1) is 10.3 Å². The summed E-state index contributed by atoms with van der Waals surface area (Å²) in [6.45, 7) is 1.76. The molecular weight excluding hydrogens is 347 g/mol. The molecule has 1 aromatic carbocycles. The van der Waals surface area contributed by atoms with E-state index in [0.29, 0.717) is 16.9 Å². The molecule has 7 nitrogen and oxygen atoms in total. The van der Waals surface area contributed by atoms with Gasteiger partial charge in [0, 0.05) is 19.3 Å². The van der Waals surface area contributed by atoms with Gasteiger partial charge in [-0.25, -0.2) is 27.5 Å². The van der Waals surface area contributed by atoms with Crippen LogP contribution >= 0.6 is 0 Å². The van der Waals surface area contributed by atoms with Crippen molar-refractivity contribution in [2.24, 2.45) is 0 Å². The number of sulfonamides is 1. The minimum Gasteiger partial charge on any atom is -0.295 e. The molecule has 9 heteroatoms. The van der Waals surface area contributed by atoms with Crippen LogP contribution in [0.1, 0.15) is 5.82 Å². The van der Waals surface area contributed by atoms with Crippen LogP contribution in [0.4, 0.5) is 4.39 Å². The molecule has 0 saturated heterocycles. The normalized spacial score (nSPS) is 11.8. The summed E-state index contributed by atoms with van der Waals surface area (Å²) in [7, 11) is -3.78. The number of hydrogen-bond acceptors (Lipinski definition) is 5. The van der Waals surface area contributed by atoms with Crippen LogP contribution in [0, 0.1) is 12.7 Å². The van der Waals surface area contributed by atoms with Crippen LogP contribution in [0.2, 0.25) is 0 Å². The molecule has 2 aromatic heterocycles. The summed E-state index contributed by atoms with van der Waals surface area (Å²) < 4.78 is 41.0. The van der Waals surface area contributed by atoms with Gasteiger partial charge < -0.3 is 0 Å². The zero-order chi connectivity index (χ0) is 18.0. The van der Waals surface area contributed by atoms with Crippen molar-refractivity contribution in [2.45, 2.75) is 18.4 Å². The first kappa shape index (κ1) is 17.2. The lowest BCUT2D eigenvalue weighted by Crippen LogP contribution is -2.32. The third kappa shape index (κ3) is 3.57. The fourth-order valence-corrected chi connectivity index (χ4v) is 3.43. The van der Waals surface area contributed by atoms with Crippen LogP contribution < -0.4 is 10.3 Å². The Kier molecular flexibility index (Phi) is 4.60. The molecule has 0 amide bonds. The fourth-order valence-electron chi connectivity index (χ4n) is 2.41. The lowest BCUT2D eigenvalue weighted by molar-refractivity contribution is 0.565. The van der Waals surface area contributed by atoms with Crippen molar-refractivity contribution in [3.63, 3.8) is 0 Å². The Labute approximate surface area is 143 Å². The summed E-state index contributed by atoms with van der Waals surface area (Å²) in [5, 5.41) is 0.370. The van der Waals surface area contributed by atoms with Gasteiger partial charge in [0.1, 0.15) is 11.6 Å². The molecule has 2 heterocycles. The molecule has 1 N–H and O–H groups in total. The highest BCUT2D eigenvalue weighted by molar-refractivity contribution is 7.89. The number of pyridine rings is 1. The van der Waals surface area contributed by atoms with E-state index in [0.717, 1.165) is 12.1 Å². The molecule has 0 radical (unpaired) electrons. The summed E-state index contributed by atoms with van der Waals surface area (Å²) in [4.78, 5) is 20.7. The van der Waals surface area contributed by atoms with Crippen molar-refractivity contribution in [3.05, 3.63) is 64.6 Å². The van der Waals surface area contributed by atoms with Gasteiger partial charge in [-0.15, -0.1) is 0 Å². The summed E-state index contributed by atoms with van der Waals surface area (Å²) >= 11 is 0. The van der Waals surface area contributed by atoms with E-state index >= 15 is 0 Å². The maximum atomic E-state index is 12.9. The second-order valence-corrected chi connectivity index (χ2v) is 7.11. The average molecular weight is 362 g/mol. The average Bonchev–Trinajstić information content (AvgIpc) is 2.58. The van der Waals surface area contributed by atoms with Gasteiger partial charge in [0.2, 0.25) is 10.0 Å². The molecule has 0 aliphatic carbocycles. The summed E-state index contributed by atoms with van der Waals surface area (Å²) in [6.07, 6.45) is 1.55. The van der Waals surface area contributed by atoms with Gasteiger partial charge in [0.15, 0.2) is 5.65 Å². The second kappa shape index (κ2) is 6.69. The number of fused-ring (bicyclic) bond motifs is 1. The van der Waals surface area contributed by atoms with Crippen LogP contribution in [0.25, 0.3) is 11.0 Å². The second-order valence-electron chi connectivity index (χ2n) is 5.34. The van der Waals surface area contributed by atoms with Crippen LogP contribution in [0.15, 0.2) is 52.3 Å². The third-order valence-corrected chi connectivity index (χ3v) is 5.15. The molecule has 0 bridgehead atoms. The number of hydrogen-bond donors (Lipinski definition) is 1. The molecule has 130 valence electrons. The lowest BCUT2D eigenvalue weighted by Gasteiger charge is -2.11. The molecule has 3 aromatic rings. The summed E-state index contributed by atoms with van der Waals surface area (Å²) in [6, 6.07) is 7.77. The smallest absolute Gasteiger partial charge is 0.263 e. The van der Waals surface area contributed by atoms with E-state index in [2.05, 4.69) is 14.7 Å². The van der Waals surface area contributed by atoms with Crippen LogP contribution in [-0.2, 0) is 16.6 Å². The fraction of sp³-hybridized carbons (Fsp3) is 0.188. The van der Waals surface area contributed by atoms with Gasteiger partial charge in [-0.2, -0.15) is 0 Å². The Morgan fingerprint density at radius 3 is 2.64 bits per heavy atom. The number of benzene rings is 1. The SMILES string of the molecule is Cc1nc2ncccc2c(=O)n1CCNS(=O)(=O)c1ccc(F)cc1. The number of rotatable bonds is 5. The Hall–Kier alpha value is -2.65. The minimum atomic E-state index is -3.78. The van der Waals surface area contributed by atoms with Crippen LogP contribution in [-0.4, -0.2) is 29.5 Å². The molecule has 25 heavy (non-hydrogen) atoms. The van der Waals surface area contributed by atoms with Gasteiger partial charge >= 0.3 is 0 Å². The first-order chi connectivity index (χ1) is 11.9.